The van der Waals surface area contributed by atoms with Gasteiger partial charge in [0.1, 0.15) is 5.82 Å². The van der Waals surface area contributed by atoms with Crippen LogP contribution in [0.15, 0.2) is 48.5 Å². The molecule has 3 heteroatoms. The van der Waals surface area contributed by atoms with Crippen LogP contribution in [0.4, 0.5) is 4.39 Å². The summed E-state index contributed by atoms with van der Waals surface area (Å²) < 4.78 is 13.0. The van der Waals surface area contributed by atoms with Gasteiger partial charge in [0.15, 0.2) is 5.78 Å². The van der Waals surface area contributed by atoms with Crippen LogP contribution >= 0.6 is 11.6 Å². The van der Waals surface area contributed by atoms with Crippen molar-refractivity contribution in [3.63, 3.8) is 0 Å². The average Bonchev–Trinajstić information content (AvgIpc) is 2.37. The smallest absolute Gasteiger partial charge is 0.163 e. The molecule has 0 aliphatic carbocycles. The quantitative estimate of drug-likeness (QED) is 0.751. The summed E-state index contributed by atoms with van der Waals surface area (Å²) in [5, 5.41) is 0.608. The molecule has 1 nitrogen and oxygen atoms in total. The number of aryl methyl sites for hydroxylation is 1. The van der Waals surface area contributed by atoms with Gasteiger partial charge in [-0.3, -0.25) is 4.79 Å². The van der Waals surface area contributed by atoms with Crippen LogP contribution in [0, 0.1) is 5.82 Å². The zero-order chi connectivity index (χ0) is 13.0. The summed E-state index contributed by atoms with van der Waals surface area (Å²) in [5.74, 6) is -0.234. The maximum atomic E-state index is 13.0. The highest BCUT2D eigenvalue weighted by atomic mass is 35.5. The van der Waals surface area contributed by atoms with Crippen LogP contribution in [0.5, 0.6) is 0 Å². The van der Waals surface area contributed by atoms with E-state index in [1.807, 2.05) is 6.07 Å². The first-order chi connectivity index (χ1) is 8.65. The van der Waals surface area contributed by atoms with Gasteiger partial charge in [0.25, 0.3) is 0 Å². The molecule has 0 fully saturated rings. The molecule has 18 heavy (non-hydrogen) atoms. The first-order valence-corrected chi connectivity index (χ1v) is 6.06. The van der Waals surface area contributed by atoms with E-state index in [2.05, 4.69) is 0 Å². The molecule has 2 rings (SSSR count). The van der Waals surface area contributed by atoms with Crippen molar-refractivity contribution in [3.05, 3.63) is 70.5 Å². The summed E-state index contributed by atoms with van der Waals surface area (Å²) >= 11 is 5.75. The van der Waals surface area contributed by atoms with E-state index in [0.717, 1.165) is 5.56 Å². The van der Waals surface area contributed by atoms with Crippen molar-refractivity contribution in [2.45, 2.75) is 12.8 Å². The Kier molecular flexibility index (Phi) is 4.11. The lowest BCUT2D eigenvalue weighted by Gasteiger charge is -2.02. The van der Waals surface area contributed by atoms with Crippen molar-refractivity contribution in [3.8, 4) is 0 Å². The zero-order valence-corrected chi connectivity index (χ0v) is 10.5. The fourth-order valence-electron chi connectivity index (χ4n) is 1.73. The summed E-state index contributed by atoms with van der Waals surface area (Å²) in [7, 11) is 0. The molecular formula is C15H12ClFO. The van der Waals surface area contributed by atoms with Crippen LogP contribution in [0.2, 0.25) is 5.02 Å². The molecule has 0 radical (unpaired) electrons. The summed E-state index contributed by atoms with van der Waals surface area (Å²) in [5.41, 5.74) is 1.47. The van der Waals surface area contributed by atoms with Gasteiger partial charge in [-0.2, -0.15) is 0 Å². The standard InChI is InChI=1S/C15H12ClFO/c16-13-7-5-12(6-8-13)15(18)9-4-11-2-1-3-14(17)10-11/h1-3,5-8,10H,4,9H2. The molecular weight excluding hydrogens is 251 g/mol. The molecule has 2 aromatic rings. The second-order valence-electron chi connectivity index (χ2n) is 4.06. The minimum atomic E-state index is -0.272. The van der Waals surface area contributed by atoms with Crippen LogP contribution in [-0.4, -0.2) is 5.78 Å². The van der Waals surface area contributed by atoms with Crippen molar-refractivity contribution in [2.24, 2.45) is 0 Å². The Morgan fingerprint density at radius 2 is 1.83 bits per heavy atom. The van der Waals surface area contributed by atoms with Crippen molar-refractivity contribution in [2.75, 3.05) is 0 Å². The van der Waals surface area contributed by atoms with Crippen LogP contribution in [0.3, 0.4) is 0 Å². The van der Waals surface area contributed by atoms with Crippen molar-refractivity contribution < 1.29 is 9.18 Å². The van der Waals surface area contributed by atoms with Crippen LogP contribution in [0.25, 0.3) is 0 Å². The van der Waals surface area contributed by atoms with Gasteiger partial charge >= 0.3 is 0 Å². The average molecular weight is 263 g/mol. The lowest BCUT2D eigenvalue weighted by atomic mass is 10.0. The number of ketones is 1. The molecule has 0 bridgehead atoms. The van der Waals surface area contributed by atoms with E-state index in [9.17, 15) is 9.18 Å². The van der Waals surface area contributed by atoms with E-state index in [4.69, 9.17) is 11.6 Å². The fraction of sp³-hybridized carbons (Fsp3) is 0.133. The van der Waals surface area contributed by atoms with Crippen LogP contribution < -0.4 is 0 Å². The van der Waals surface area contributed by atoms with Crippen LogP contribution in [0.1, 0.15) is 22.3 Å². The van der Waals surface area contributed by atoms with Gasteiger partial charge in [0.2, 0.25) is 0 Å². The number of rotatable bonds is 4. The number of carbonyl (C=O) groups excluding carboxylic acids is 1. The molecule has 0 N–H and O–H groups in total. The highest BCUT2D eigenvalue weighted by Gasteiger charge is 2.06. The van der Waals surface area contributed by atoms with E-state index in [1.54, 1.807) is 30.3 Å². The first-order valence-electron chi connectivity index (χ1n) is 5.68. The minimum absolute atomic E-state index is 0.0379. The molecule has 0 spiro atoms. The van der Waals surface area contributed by atoms with Gasteiger partial charge < -0.3 is 0 Å². The summed E-state index contributed by atoms with van der Waals surface area (Å²) in [6, 6.07) is 13.1. The van der Waals surface area contributed by atoms with E-state index in [-0.39, 0.29) is 11.6 Å². The Balaban J connectivity index is 1.98. The van der Waals surface area contributed by atoms with Crippen LogP contribution in [-0.2, 0) is 6.42 Å². The maximum Gasteiger partial charge on any atom is 0.163 e. The molecule has 0 saturated carbocycles. The predicted molar refractivity (Wildman–Crippen MR) is 70.5 cm³/mol. The third-order valence-electron chi connectivity index (χ3n) is 2.70. The first kappa shape index (κ1) is 12.8. The van der Waals surface area contributed by atoms with Gasteiger partial charge in [0.05, 0.1) is 0 Å². The second-order valence-corrected chi connectivity index (χ2v) is 4.50. The fourth-order valence-corrected chi connectivity index (χ4v) is 1.86. The third kappa shape index (κ3) is 3.41. The molecule has 0 aliphatic heterocycles. The topological polar surface area (TPSA) is 17.1 Å². The molecule has 0 unspecified atom stereocenters. The maximum absolute atomic E-state index is 13.0. The largest absolute Gasteiger partial charge is 0.294 e. The Bertz CT molecular complexity index is 549. The third-order valence-corrected chi connectivity index (χ3v) is 2.95. The molecule has 92 valence electrons. The number of carbonyl (C=O) groups is 1. The van der Waals surface area contributed by atoms with E-state index < -0.39 is 0 Å². The minimum Gasteiger partial charge on any atom is -0.294 e. The van der Waals surface area contributed by atoms with Gasteiger partial charge in [-0.25, -0.2) is 4.39 Å². The molecule has 0 atom stereocenters. The van der Waals surface area contributed by atoms with E-state index in [0.29, 0.717) is 23.4 Å². The van der Waals surface area contributed by atoms with Crippen molar-refractivity contribution >= 4 is 17.4 Å². The molecule has 2 aromatic carbocycles. The number of halogens is 2. The monoisotopic (exact) mass is 262 g/mol. The normalized spacial score (nSPS) is 10.3. The van der Waals surface area contributed by atoms with E-state index in [1.165, 1.54) is 12.1 Å². The Morgan fingerprint density at radius 3 is 2.50 bits per heavy atom. The SMILES string of the molecule is O=C(CCc1cccc(F)c1)c1ccc(Cl)cc1. The zero-order valence-electron chi connectivity index (χ0n) is 9.70. The Morgan fingerprint density at radius 1 is 1.11 bits per heavy atom. The highest BCUT2D eigenvalue weighted by Crippen LogP contribution is 2.13. The summed E-state index contributed by atoms with van der Waals surface area (Å²) in [6.45, 7) is 0. The predicted octanol–water partition coefficient (Wildman–Crippen LogP) is 4.29. The number of benzene rings is 2. The van der Waals surface area contributed by atoms with E-state index >= 15 is 0 Å². The summed E-state index contributed by atoms with van der Waals surface area (Å²) in [6.07, 6.45) is 0.907. The molecule has 0 amide bonds. The van der Waals surface area contributed by atoms with Crippen molar-refractivity contribution in [1.29, 1.82) is 0 Å². The molecule has 0 aliphatic rings. The van der Waals surface area contributed by atoms with Gasteiger partial charge in [-0.15, -0.1) is 0 Å². The molecule has 0 aromatic heterocycles. The molecule has 0 heterocycles. The number of hydrogen-bond donors (Lipinski definition) is 0. The highest BCUT2D eigenvalue weighted by molar-refractivity contribution is 6.30. The van der Waals surface area contributed by atoms with Crippen molar-refractivity contribution in [1.82, 2.24) is 0 Å². The van der Waals surface area contributed by atoms with Gasteiger partial charge in [0, 0.05) is 17.0 Å². The summed E-state index contributed by atoms with van der Waals surface area (Å²) in [4.78, 5) is 11.9. The lowest BCUT2D eigenvalue weighted by Crippen LogP contribution is -2.01. The van der Waals surface area contributed by atoms with Gasteiger partial charge in [-0.05, 0) is 48.4 Å². The second kappa shape index (κ2) is 5.78. The Labute approximate surface area is 110 Å². The number of hydrogen-bond acceptors (Lipinski definition) is 1. The Hall–Kier alpha value is -1.67. The number of Topliss-reactive ketones (excluding diaryl/α,β-unsaturated/α-hetero) is 1. The lowest BCUT2D eigenvalue weighted by molar-refractivity contribution is 0.0983. The molecule has 0 saturated heterocycles. The van der Waals surface area contributed by atoms with Gasteiger partial charge in [-0.1, -0.05) is 23.7 Å².